The van der Waals surface area contributed by atoms with Crippen LogP contribution in [0.25, 0.3) is 10.9 Å². The molecule has 0 amide bonds. The maximum atomic E-state index is 11.7. The minimum absolute atomic E-state index is 0.168. The third-order valence-electron chi connectivity index (χ3n) is 4.13. The number of nitrogens with zero attached hydrogens (tertiary/aromatic N) is 1. The highest BCUT2D eigenvalue weighted by molar-refractivity contribution is 8.00. The summed E-state index contributed by atoms with van der Waals surface area (Å²) in [4.78, 5) is 18.5. The number of hydrogen-bond donors (Lipinski definition) is 3. The van der Waals surface area contributed by atoms with Gasteiger partial charge in [-0.05, 0) is 31.2 Å². The highest BCUT2D eigenvalue weighted by atomic mass is 32.2. The molecule has 0 fully saturated rings. The first kappa shape index (κ1) is 15.7. The van der Waals surface area contributed by atoms with E-state index >= 15 is 0 Å². The molecular formula is C15H22N4OS. The second-order valence-corrected chi connectivity index (χ2v) is 6.41. The van der Waals surface area contributed by atoms with Crippen molar-refractivity contribution in [3.63, 3.8) is 0 Å². The number of rotatable bonds is 6. The Morgan fingerprint density at radius 2 is 2.10 bits per heavy atom. The van der Waals surface area contributed by atoms with E-state index in [1.807, 2.05) is 17.8 Å². The first-order valence-corrected chi connectivity index (χ1v) is 8.33. The van der Waals surface area contributed by atoms with Gasteiger partial charge < -0.3 is 16.0 Å². The number of nitrogens with one attached hydrogen (secondary N) is 2. The van der Waals surface area contributed by atoms with Crippen LogP contribution in [0, 0.1) is 0 Å². The zero-order valence-corrected chi connectivity index (χ0v) is 13.5. The Labute approximate surface area is 128 Å². The number of nitrogens with two attached hydrogens (primary N) is 1. The second-order valence-electron chi connectivity index (χ2n) is 5.14. The van der Waals surface area contributed by atoms with Crippen LogP contribution in [0.5, 0.6) is 0 Å². The molecule has 0 unspecified atom stereocenters. The quantitative estimate of drug-likeness (QED) is 0.715. The lowest BCUT2D eigenvalue weighted by Crippen LogP contribution is -2.32. The van der Waals surface area contributed by atoms with E-state index in [4.69, 9.17) is 5.73 Å². The molecule has 0 saturated heterocycles. The van der Waals surface area contributed by atoms with Gasteiger partial charge in [0.05, 0.1) is 28.6 Å². The monoisotopic (exact) mass is 306 g/mol. The highest BCUT2D eigenvalue weighted by Gasteiger charge is 2.24. The molecule has 0 radical (unpaired) electrons. The van der Waals surface area contributed by atoms with Crippen LogP contribution in [0.1, 0.15) is 26.7 Å². The summed E-state index contributed by atoms with van der Waals surface area (Å²) in [5.74, 6) is 0. The predicted molar refractivity (Wildman–Crippen MR) is 92.1 cm³/mol. The summed E-state index contributed by atoms with van der Waals surface area (Å²) in [6.45, 7) is 5.24. The molecule has 1 aromatic heterocycles. The molecule has 0 aliphatic carbocycles. The van der Waals surface area contributed by atoms with Gasteiger partial charge in [0.15, 0.2) is 0 Å². The van der Waals surface area contributed by atoms with Crippen LogP contribution in [0.15, 0.2) is 23.3 Å². The lowest BCUT2D eigenvalue weighted by Gasteiger charge is -2.30. The number of nitrogen functional groups attached to an aromatic ring is 1. The van der Waals surface area contributed by atoms with Crippen molar-refractivity contribution in [1.82, 2.24) is 9.97 Å². The number of aromatic amines is 1. The van der Waals surface area contributed by atoms with Crippen LogP contribution in [-0.2, 0) is 0 Å². The molecule has 0 atom stereocenters. The molecule has 0 spiro atoms. The number of thioether (sulfide) groups is 1. The number of anilines is 2. The van der Waals surface area contributed by atoms with Gasteiger partial charge in [-0.2, -0.15) is 11.8 Å². The fourth-order valence-corrected chi connectivity index (χ4v) is 3.20. The first-order valence-electron chi connectivity index (χ1n) is 7.11. The Kier molecular flexibility index (Phi) is 4.77. The van der Waals surface area contributed by atoms with Gasteiger partial charge in [-0.15, -0.1) is 0 Å². The van der Waals surface area contributed by atoms with Crippen molar-refractivity contribution in [2.45, 2.75) is 31.4 Å². The standard InChI is InChI=1S/C15H22N4OS/c1-4-15(5-2,21-3)8-17-13-7-12-10(6-11(13)16)14(20)19-9-18-12/h6-7,9,17H,4-5,8,16H2,1-3H3,(H,18,19,20). The smallest absolute Gasteiger partial charge is 0.258 e. The zero-order chi connectivity index (χ0) is 15.5. The maximum Gasteiger partial charge on any atom is 0.258 e. The predicted octanol–water partition coefficient (Wildman–Crippen LogP) is 2.84. The molecule has 21 heavy (non-hydrogen) atoms. The third-order valence-corrected chi connectivity index (χ3v) is 5.72. The van der Waals surface area contributed by atoms with Crippen molar-refractivity contribution in [2.75, 3.05) is 23.9 Å². The van der Waals surface area contributed by atoms with Crippen LogP contribution in [0.2, 0.25) is 0 Å². The Bertz CT molecular complexity index is 671. The van der Waals surface area contributed by atoms with Crippen molar-refractivity contribution in [3.05, 3.63) is 28.8 Å². The van der Waals surface area contributed by atoms with Crippen LogP contribution in [0.4, 0.5) is 11.4 Å². The van der Waals surface area contributed by atoms with Gasteiger partial charge in [-0.25, -0.2) is 4.98 Å². The molecule has 114 valence electrons. The fraction of sp³-hybridized carbons (Fsp3) is 0.467. The number of aromatic nitrogens is 2. The van der Waals surface area contributed by atoms with Gasteiger partial charge in [0.1, 0.15) is 0 Å². The SMILES string of the molecule is CCC(CC)(CNc1cc2nc[nH]c(=O)c2cc1N)SC. The topological polar surface area (TPSA) is 83.8 Å². The average molecular weight is 306 g/mol. The summed E-state index contributed by atoms with van der Waals surface area (Å²) < 4.78 is 0.197. The van der Waals surface area contributed by atoms with Crippen molar-refractivity contribution < 1.29 is 0 Å². The van der Waals surface area contributed by atoms with Crippen molar-refractivity contribution in [3.8, 4) is 0 Å². The van der Waals surface area contributed by atoms with Crippen molar-refractivity contribution in [2.24, 2.45) is 0 Å². The van der Waals surface area contributed by atoms with Crippen LogP contribution in [0.3, 0.4) is 0 Å². The van der Waals surface area contributed by atoms with E-state index in [1.54, 1.807) is 6.07 Å². The Hall–Kier alpha value is -1.69. The average Bonchev–Trinajstić information content (AvgIpc) is 2.50. The molecule has 0 aliphatic rings. The van der Waals surface area contributed by atoms with E-state index in [-0.39, 0.29) is 10.3 Å². The molecule has 0 saturated carbocycles. The Morgan fingerprint density at radius 1 is 1.38 bits per heavy atom. The molecule has 0 aliphatic heterocycles. The largest absolute Gasteiger partial charge is 0.397 e. The van der Waals surface area contributed by atoms with Gasteiger partial charge in [-0.3, -0.25) is 4.79 Å². The Balaban J connectivity index is 2.31. The summed E-state index contributed by atoms with van der Waals surface area (Å²) >= 11 is 1.87. The van der Waals surface area contributed by atoms with E-state index in [2.05, 4.69) is 35.4 Å². The Morgan fingerprint density at radius 3 is 2.71 bits per heavy atom. The van der Waals surface area contributed by atoms with Gasteiger partial charge in [-0.1, -0.05) is 13.8 Å². The van der Waals surface area contributed by atoms with Gasteiger partial charge in [0.25, 0.3) is 5.56 Å². The minimum atomic E-state index is -0.168. The second kappa shape index (κ2) is 6.39. The van der Waals surface area contributed by atoms with Gasteiger partial charge in [0, 0.05) is 11.3 Å². The van der Waals surface area contributed by atoms with Crippen molar-refractivity contribution in [1.29, 1.82) is 0 Å². The number of hydrogen-bond acceptors (Lipinski definition) is 5. The van der Waals surface area contributed by atoms with Gasteiger partial charge >= 0.3 is 0 Å². The maximum absolute atomic E-state index is 11.7. The number of benzene rings is 1. The molecule has 4 N–H and O–H groups in total. The van der Waals surface area contributed by atoms with E-state index in [1.165, 1.54) is 6.33 Å². The molecule has 6 heteroatoms. The molecule has 2 aromatic rings. The van der Waals surface area contributed by atoms with E-state index < -0.39 is 0 Å². The lowest BCUT2D eigenvalue weighted by atomic mass is 10.0. The number of fused-ring (bicyclic) bond motifs is 1. The summed E-state index contributed by atoms with van der Waals surface area (Å²) in [6.07, 6.45) is 5.72. The summed E-state index contributed by atoms with van der Waals surface area (Å²) in [5, 5.41) is 3.94. The molecule has 1 aromatic carbocycles. The molecule has 2 rings (SSSR count). The minimum Gasteiger partial charge on any atom is -0.397 e. The summed E-state index contributed by atoms with van der Waals surface area (Å²) in [6, 6.07) is 3.53. The molecule has 0 bridgehead atoms. The summed E-state index contributed by atoms with van der Waals surface area (Å²) in [5.41, 5.74) is 7.95. The van der Waals surface area contributed by atoms with E-state index in [0.29, 0.717) is 16.6 Å². The van der Waals surface area contributed by atoms with Crippen molar-refractivity contribution >= 4 is 34.0 Å². The molecule has 1 heterocycles. The normalized spacial score (nSPS) is 11.8. The van der Waals surface area contributed by atoms with Gasteiger partial charge in [0.2, 0.25) is 0 Å². The van der Waals surface area contributed by atoms with E-state index in [0.717, 1.165) is 25.1 Å². The van der Waals surface area contributed by atoms with Crippen LogP contribution >= 0.6 is 11.8 Å². The number of H-pyrrole nitrogens is 1. The van der Waals surface area contributed by atoms with E-state index in [9.17, 15) is 4.79 Å². The fourth-order valence-electron chi connectivity index (χ4n) is 2.40. The lowest BCUT2D eigenvalue weighted by molar-refractivity contribution is 0.575. The summed E-state index contributed by atoms with van der Waals surface area (Å²) in [7, 11) is 0. The van der Waals surface area contributed by atoms with Crippen LogP contribution in [-0.4, -0.2) is 27.5 Å². The highest BCUT2D eigenvalue weighted by Crippen LogP contribution is 2.32. The molecular weight excluding hydrogens is 284 g/mol. The zero-order valence-electron chi connectivity index (χ0n) is 12.7. The third kappa shape index (κ3) is 3.15. The molecule has 5 nitrogen and oxygen atoms in total. The first-order chi connectivity index (χ1) is 10.0. The van der Waals surface area contributed by atoms with Crippen LogP contribution < -0.4 is 16.6 Å².